The molecule has 94 valence electrons. The van der Waals surface area contributed by atoms with Gasteiger partial charge in [-0.05, 0) is 25.0 Å². The number of carboxylic acid groups (broad SMARTS) is 1. The largest absolute Gasteiger partial charge is 0.480 e. The molecule has 0 unspecified atom stereocenters. The molecule has 1 fully saturated rings. The lowest BCUT2D eigenvalue weighted by Gasteiger charge is -2.23. The molecule has 1 aromatic carbocycles. The molecular weight excluding hydrogens is 232 g/mol. The second-order valence-electron chi connectivity index (χ2n) is 4.71. The average Bonchev–Trinajstić information content (AvgIpc) is 2.95. The van der Waals surface area contributed by atoms with Crippen molar-refractivity contribution in [1.29, 1.82) is 0 Å². The van der Waals surface area contributed by atoms with Gasteiger partial charge in [0.05, 0.1) is 0 Å². The molecule has 5 heteroatoms. The van der Waals surface area contributed by atoms with Crippen LogP contribution in [0.25, 0.3) is 11.1 Å². The maximum atomic E-state index is 11.4. The molecule has 1 aromatic heterocycles. The zero-order valence-corrected chi connectivity index (χ0v) is 9.85. The lowest BCUT2D eigenvalue weighted by Crippen LogP contribution is -2.43. The first-order valence-corrected chi connectivity index (χ1v) is 6.07. The Morgan fingerprint density at radius 3 is 2.72 bits per heavy atom. The second kappa shape index (κ2) is 4.01. The summed E-state index contributed by atoms with van der Waals surface area (Å²) in [5.74, 6) is -0.831. The van der Waals surface area contributed by atoms with Gasteiger partial charge in [0, 0.05) is 0 Å². The van der Waals surface area contributed by atoms with E-state index in [-0.39, 0.29) is 0 Å². The van der Waals surface area contributed by atoms with Crippen LogP contribution in [0, 0.1) is 0 Å². The molecule has 2 aromatic rings. The molecule has 0 radical (unpaired) electrons. The van der Waals surface area contributed by atoms with Crippen LogP contribution in [0.5, 0.6) is 0 Å². The van der Waals surface area contributed by atoms with Gasteiger partial charge in [0.25, 0.3) is 6.01 Å². The van der Waals surface area contributed by atoms with E-state index < -0.39 is 11.5 Å². The second-order valence-corrected chi connectivity index (χ2v) is 4.71. The van der Waals surface area contributed by atoms with E-state index in [1.54, 1.807) is 0 Å². The van der Waals surface area contributed by atoms with Crippen LogP contribution in [-0.2, 0) is 4.79 Å². The number of fused-ring (bicyclic) bond motifs is 1. The molecule has 18 heavy (non-hydrogen) atoms. The van der Waals surface area contributed by atoms with Crippen LogP contribution >= 0.6 is 0 Å². The van der Waals surface area contributed by atoms with E-state index >= 15 is 0 Å². The monoisotopic (exact) mass is 246 g/mol. The number of carboxylic acids is 1. The third-order valence-electron chi connectivity index (χ3n) is 3.51. The Labute approximate surface area is 104 Å². The van der Waals surface area contributed by atoms with Gasteiger partial charge in [-0.3, -0.25) is 0 Å². The zero-order chi connectivity index (χ0) is 12.6. The maximum Gasteiger partial charge on any atom is 0.329 e. The number of aromatic nitrogens is 1. The molecule has 0 atom stereocenters. The lowest BCUT2D eigenvalue weighted by molar-refractivity contribution is -0.142. The molecule has 0 aliphatic heterocycles. The molecule has 5 nitrogen and oxygen atoms in total. The van der Waals surface area contributed by atoms with Crippen molar-refractivity contribution in [2.45, 2.75) is 31.2 Å². The predicted octanol–water partition coefficient (Wildman–Crippen LogP) is 2.64. The molecule has 0 spiro atoms. The fourth-order valence-electron chi connectivity index (χ4n) is 2.50. The summed E-state index contributed by atoms with van der Waals surface area (Å²) in [5.41, 5.74) is 0.484. The van der Waals surface area contributed by atoms with Crippen molar-refractivity contribution in [3.63, 3.8) is 0 Å². The van der Waals surface area contributed by atoms with E-state index in [2.05, 4.69) is 10.3 Å². The molecule has 0 amide bonds. The first kappa shape index (κ1) is 11.1. The molecule has 1 aliphatic rings. The van der Waals surface area contributed by atoms with Gasteiger partial charge in [-0.25, -0.2) is 4.79 Å². The van der Waals surface area contributed by atoms with Crippen LogP contribution in [0.2, 0.25) is 0 Å². The molecule has 1 saturated carbocycles. The van der Waals surface area contributed by atoms with Gasteiger partial charge in [-0.1, -0.05) is 25.0 Å². The van der Waals surface area contributed by atoms with Crippen molar-refractivity contribution in [3.8, 4) is 0 Å². The van der Waals surface area contributed by atoms with Crippen molar-refractivity contribution in [1.82, 2.24) is 4.98 Å². The van der Waals surface area contributed by atoms with Crippen molar-refractivity contribution in [2.24, 2.45) is 0 Å². The SMILES string of the molecule is O=C(O)C1(Nc2nc3ccccc3o2)CCCC1. The van der Waals surface area contributed by atoms with E-state index in [0.29, 0.717) is 24.4 Å². The van der Waals surface area contributed by atoms with Gasteiger partial charge in [0.2, 0.25) is 0 Å². The standard InChI is InChI=1S/C13H14N2O3/c16-11(17)13(7-3-4-8-13)15-12-14-9-5-1-2-6-10(9)18-12/h1-2,5-6H,3-4,7-8H2,(H,14,15)(H,16,17). The fourth-order valence-corrected chi connectivity index (χ4v) is 2.50. The van der Waals surface area contributed by atoms with Crippen LogP contribution in [0.1, 0.15) is 25.7 Å². The minimum Gasteiger partial charge on any atom is -0.480 e. The number of nitrogens with zero attached hydrogens (tertiary/aromatic N) is 1. The van der Waals surface area contributed by atoms with E-state index in [9.17, 15) is 9.90 Å². The smallest absolute Gasteiger partial charge is 0.329 e. The summed E-state index contributed by atoms with van der Waals surface area (Å²) in [6, 6.07) is 7.68. The Balaban J connectivity index is 1.93. The minimum atomic E-state index is -0.916. The summed E-state index contributed by atoms with van der Waals surface area (Å²) >= 11 is 0. The van der Waals surface area contributed by atoms with E-state index in [0.717, 1.165) is 18.4 Å². The van der Waals surface area contributed by atoms with Gasteiger partial charge in [-0.15, -0.1) is 0 Å². The van der Waals surface area contributed by atoms with Crippen LogP contribution < -0.4 is 5.32 Å². The van der Waals surface area contributed by atoms with Gasteiger partial charge >= 0.3 is 5.97 Å². The number of carbonyl (C=O) groups is 1. The highest BCUT2D eigenvalue weighted by Crippen LogP contribution is 2.34. The lowest BCUT2D eigenvalue weighted by atomic mass is 9.98. The van der Waals surface area contributed by atoms with E-state index in [1.807, 2.05) is 24.3 Å². The molecule has 1 heterocycles. The summed E-state index contributed by atoms with van der Waals surface area (Å²) in [6.45, 7) is 0. The number of benzene rings is 1. The fraction of sp³-hybridized carbons (Fsp3) is 0.385. The van der Waals surface area contributed by atoms with Crippen molar-refractivity contribution in [3.05, 3.63) is 24.3 Å². The van der Waals surface area contributed by atoms with Crippen molar-refractivity contribution in [2.75, 3.05) is 5.32 Å². The van der Waals surface area contributed by atoms with Crippen LogP contribution in [-0.4, -0.2) is 21.6 Å². The van der Waals surface area contributed by atoms with Crippen molar-refractivity contribution < 1.29 is 14.3 Å². The number of oxazole rings is 1. The summed E-state index contributed by atoms with van der Waals surface area (Å²) < 4.78 is 5.52. The number of rotatable bonds is 3. The number of nitrogens with one attached hydrogen (secondary N) is 1. The van der Waals surface area contributed by atoms with Crippen LogP contribution in [0.4, 0.5) is 6.01 Å². The highest BCUT2D eigenvalue weighted by atomic mass is 16.4. The molecule has 2 N–H and O–H groups in total. The maximum absolute atomic E-state index is 11.4. The summed E-state index contributed by atoms with van der Waals surface area (Å²) in [7, 11) is 0. The predicted molar refractivity (Wildman–Crippen MR) is 66.5 cm³/mol. The number of para-hydroxylation sites is 2. The van der Waals surface area contributed by atoms with Crippen molar-refractivity contribution >= 4 is 23.1 Å². The summed E-state index contributed by atoms with van der Waals surface area (Å²) in [6.07, 6.45) is 3.06. The topological polar surface area (TPSA) is 75.4 Å². The Kier molecular flexibility index (Phi) is 2.47. The molecular formula is C13H14N2O3. The Morgan fingerprint density at radius 1 is 1.33 bits per heavy atom. The minimum absolute atomic E-state index is 0.292. The number of aliphatic carboxylic acids is 1. The van der Waals surface area contributed by atoms with E-state index in [1.165, 1.54) is 0 Å². The summed E-state index contributed by atoms with van der Waals surface area (Å²) in [4.78, 5) is 15.7. The molecule has 0 saturated heterocycles. The quantitative estimate of drug-likeness (QED) is 0.870. The average molecular weight is 246 g/mol. The Morgan fingerprint density at radius 2 is 2.06 bits per heavy atom. The van der Waals surface area contributed by atoms with Gasteiger partial charge in [0.1, 0.15) is 11.1 Å². The third-order valence-corrected chi connectivity index (χ3v) is 3.51. The van der Waals surface area contributed by atoms with E-state index in [4.69, 9.17) is 4.42 Å². The molecule has 1 aliphatic carbocycles. The molecule has 0 bridgehead atoms. The highest BCUT2D eigenvalue weighted by Gasteiger charge is 2.42. The Bertz CT molecular complexity index is 552. The highest BCUT2D eigenvalue weighted by molar-refractivity contribution is 5.83. The first-order chi connectivity index (χ1) is 8.70. The third kappa shape index (κ3) is 1.72. The number of hydrogen-bond donors (Lipinski definition) is 2. The zero-order valence-electron chi connectivity index (χ0n) is 9.85. The summed E-state index contributed by atoms with van der Waals surface area (Å²) in [5, 5.41) is 12.3. The van der Waals surface area contributed by atoms with Gasteiger partial charge in [-0.2, -0.15) is 4.98 Å². The first-order valence-electron chi connectivity index (χ1n) is 6.07. The number of hydrogen-bond acceptors (Lipinski definition) is 4. The normalized spacial score (nSPS) is 18.0. The van der Waals surface area contributed by atoms with Crippen LogP contribution in [0.3, 0.4) is 0 Å². The number of anilines is 1. The Hall–Kier alpha value is -2.04. The molecule has 3 rings (SSSR count). The van der Waals surface area contributed by atoms with Crippen LogP contribution in [0.15, 0.2) is 28.7 Å². The van der Waals surface area contributed by atoms with Gasteiger partial charge in [0.15, 0.2) is 5.58 Å². The van der Waals surface area contributed by atoms with Gasteiger partial charge < -0.3 is 14.8 Å².